The Hall–Kier alpha value is -2.31. The number of aromatic nitrogens is 2. The van der Waals surface area contributed by atoms with E-state index in [-0.39, 0.29) is 0 Å². The average Bonchev–Trinajstić information content (AvgIpc) is 3.25. The third kappa shape index (κ3) is 3.55. The summed E-state index contributed by atoms with van der Waals surface area (Å²) in [6.45, 7) is 8.26. The van der Waals surface area contributed by atoms with Gasteiger partial charge < -0.3 is 23.6 Å². The van der Waals surface area contributed by atoms with E-state index >= 15 is 0 Å². The Kier molecular flexibility index (Phi) is 5.40. The van der Waals surface area contributed by atoms with Gasteiger partial charge in [-0.2, -0.15) is 0 Å². The van der Waals surface area contributed by atoms with Crippen LogP contribution in [0.1, 0.15) is 25.7 Å². The van der Waals surface area contributed by atoms with Crippen molar-refractivity contribution in [3.05, 3.63) is 54.0 Å². The number of imidazole rings is 1. The highest BCUT2D eigenvalue weighted by molar-refractivity contribution is 5.75. The van der Waals surface area contributed by atoms with Crippen molar-refractivity contribution in [2.24, 2.45) is 0 Å². The minimum atomic E-state index is -0.772. The normalized spacial score (nSPS) is 13.0. The molecule has 2 heterocycles. The van der Waals surface area contributed by atoms with Gasteiger partial charge in [-0.25, -0.2) is 0 Å². The quantitative estimate of drug-likeness (QED) is 0.661. The van der Waals surface area contributed by atoms with Crippen molar-refractivity contribution >= 4 is 11.0 Å². The van der Waals surface area contributed by atoms with Crippen molar-refractivity contribution in [1.29, 1.82) is 5.41 Å². The summed E-state index contributed by atoms with van der Waals surface area (Å²) >= 11 is 0. The minimum Gasteiger partial charge on any atom is -0.467 e. The van der Waals surface area contributed by atoms with E-state index in [9.17, 15) is 5.11 Å². The number of nitrogens with zero attached hydrogens (tertiary/aromatic N) is 3. The van der Waals surface area contributed by atoms with Crippen molar-refractivity contribution in [3.63, 3.8) is 0 Å². The van der Waals surface area contributed by atoms with E-state index in [1.807, 2.05) is 33.4 Å². The second-order valence-corrected chi connectivity index (χ2v) is 6.13. The lowest BCUT2D eigenvalue weighted by Gasteiger charge is -2.18. The number of furan rings is 1. The van der Waals surface area contributed by atoms with Crippen molar-refractivity contribution in [2.75, 3.05) is 19.6 Å². The zero-order chi connectivity index (χ0) is 17.8. The van der Waals surface area contributed by atoms with Gasteiger partial charge in [0.1, 0.15) is 11.9 Å². The fourth-order valence-electron chi connectivity index (χ4n) is 3.23. The average molecular weight is 342 g/mol. The summed E-state index contributed by atoms with van der Waals surface area (Å²) in [7, 11) is 0. The van der Waals surface area contributed by atoms with Crippen molar-refractivity contribution in [1.82, 2.24) is 14.0 Å². The van der Waals surface area contributed by atoms with E-state index in [1.165, 1.54) is 0 Å². The third-order valence-corrected chi connectivity index (χ3v) is 4.74. The maximum Gasteiger partial charge on any atom is 0.203 e. The van der Waals surface area contributed by atoms with Crippen molar-refractivity contribution in [2.45, 2.75) is 33.0 Å². The van der Waals surface area contributed by atoms with Gasteiger partial charge in [0.05, 0.1) is 23.8 Å². The maximum atomic E-state index is 10.4. The second-order valence-electron chi connectivity index (χ2n) is 6.13. The highest BCUT2D eigenvalue weighted by Crippen LogP contribution is 2.19. The van der Waals surface area contributed by atoms with Crippen molar-refractivity contribution in [3.8, 4) is 0 Å². The Morgan fingerprint density at radius 2 is 1.76 bits per heavy atom. The standard InChI is InChI=1S/C19H26N4O2/c1-3-21(4-2)11-12-22-15-8-5-6-9-16(15)23(19(22)20)14-17(24)18-10-7-13-25-18/h5-10,13,17,20,24H,3-4,11-12,14H2,1-2H3/t17-/m0/s1. The summed E-state index contributed by atoms with van der Waals surface area (Å²) in [5.74, 6) is 0.520. The number of likely N-dealkylation sites (N-methyl/N-ethyl adjacent to an activating group) is 1. The van der Waals surface area contributed by atoms with Crippen LogP contribution in [0.3, 0.4) is 0 Å². The molecule has 0 radical (unpaired) electrons. The van der Waals surface area contributed by atoms with Crippen LogP contribution in [0.2, 0.25) is 0 Å². The summed E-state index contributed by atoms with van der Waals surface area (Å²) in [6.07, 6.45) is 0.782. The van der Waals surface area contributed by atoms with E-state index in [0.29, 0.717) is 17.9 Å². The second kappa shape index (κ2) is 7.72. The van der Waals surface area contributed by atoms with Gasteiger partial charge in [0.25, 0.3) is 0 Å². The molecule has 1 atom stereocenters. The van der Waals surface area contributed by atoms with E-state index < -0.39 is 6.10 Å². The lowest BCUT2D eigenvalue weighted by molar-refractivity contribution is 0.129. The highest BCUT2D eigenvalue weighted by atomic mass is 16.4. The van der Waals surface area contributed by atoms with Gasteiger partial charge in [-0.3, -0.25) is 5.41 Å². The first-order chi connectivity index (χ1) is 12.2. The molecular weight excluding hydrogens is 316 g/mol. The predicted molar refractivity (Wildman–Crippen MR) is 97.2 cm³/mol. The summed E-state index contributed by atoms with van der Waals surface area (Å²) < 4.78 is 9.16. The highest BCUT2D eigenvalue weighted by Gasteiger charge is 2.16. The summed E-state index contributed by atoms with van der Waals surface area (Å²) in [4.78, 5) is 2.34. The molecule has 6 heteroatoms. The number of rotatable bonds is 8. The van der Waals surface area contributed by atoms with E-state index in [0.717, 1.165) is 37.2 Å². The molecule has 134 valence electrons. The predicted octanol–water partition coefficient (Wildman–Crippen LogP) is 2.59. The smallest absolute Gasteiger partial charge is 0.203 e. The van der Waals surface area contributed by atoms with Crippen molar-refractivity contribution < 1.29 is 9.52 Å². The van der Waals surface area contributed by atoms with Crippen LogP contribution in [0.25, 0.3) is 11.0 Å². The number of nitrogens with one attached hydrogen (secondary N) is 1. The van der Waals surface area contributed by atoms with E-state index in [1.54, 1.807) is 18.4 Å². The molecule has 0 aliphatic carbocycles. The topological polar surface area (TPSA) is 70.3 Å². The largest absolute Gasteiger partial charge is 0.467 e. The van der Waals surface area contributed by atoms with Gasteiger partial charge >= 0.3 is 0 Å². The Morgan fingerprint density at radius 3 is 2.36 bits per heavy atom. The lowest BCUT2D eigenvalue weighted by atomic mass is 10.2. The number of fused-ring (bicyclic) bond motifs is 1. The molecule has 0 spiro atoms. The SMILES string of the molecule is CCN(CC)CCn1c(=N)n(C[C@H](O)c2ccco2)c2ccccc21. The molecule has 3 rings (SSSR count). The van der Waals surface area contributed by atoms with Crippen LogP contribution >= 0.6 is 0 Å². The number of benzene rings is 1. The molecular formula is C19H26N4O2. The molecule has 2 aromatic heterocycles. The molecule has 0 aliphatic rings. The van der Waals surface area contributed by atoms with Gasteiger partial charge in [-0.1, -0.05) is 26.0 Å². The molecule has 0 fully saturated rings. The molecule has 1 aromatic carbocycles. The van der Waals surface area contributed by atoms with E-state index in [4.69, 9.17) is 9.83 Å². The summed E-state index contributed by atoms with van der Waals surface area (Å²) in [5.41, 5.74) is 2.38. The van der Waals surface area contributed by atoms with Crippen LogP contribution in [0, 0.1) is 5.41 Å². The zero-order valence-corrected chi connectivity index (χ0v) is 14.9. The van der Waals surface area contributed by atoms with Crippen LogP contribution in [0.5, 0.6) is 0 Å². The van der Waals surface area contributed by atoms with Gasteiger partial charge in [0.2, 0.25) is 5.62 Å². The molecule has 0 unspecified atom stereocenters. The Bertz CT molecular complexity index is 859. The molecule has 3 aromatic rings. The Morgan fingerprint density at radius 1 is 1.08 bits per heavy atom. The van der Waals surface area contributed by atoms with Gasteiger partial charge in [-0.05, 0) is 37.4 Å². The first-order valence-corrected chi connectivity index (χ1v) is 8.82. The van der Waals surface area contributed by atoms with Gasteiger partial charge in [-0.15, -0.1) is 0 Å². The lowest BCUT2D eigenvalue weighted by Crippen LogP contribution is -2.32. The fourth-order valence-corrected chi connectivity index (χ4v) is 3.23. The third-order valence-electron chi connectivity index (χ3n) is 4.74. The molecule has 6 nitrogen and oxygen atoms in total. The van der Waals surface area contributed by atoms with E-state index in [2.05, 4.69) is 18.7 Å². The first kappa shape index (κ1) is 17.5. The van der Waals surface area contributed by atoms with Gasteiger partial charge in [0.15, 0.2) is 0 Å². The van der Waals surface area contributed by atoms with Crippen LogP contribution in [-0.2, 0) is 13.1 Å². The molecule has 0 saturated carbocycles. The maximum absolute atomic E-state index is 10.4. The van der Waals surface area contributed by atoms with Crippen LogP contribution in [-0.4, -0.2) is 38.8 Å². The number of aliphatic hydroxyl groups is 1. The van der Waals surface area contributed by atoms with Crippen LogP contribution in [0.4, 0.5) is 0 Å². The minimum absolute atomic E-state index is 0.297. The number of aliphatic hydroxyl groups excluding tert-OH is 1. The molecule has 0 saturated heterocycles. The number of para-hydroxylation sites is 2. The zero-order valence-electron chi connectivity index (χ0n) is 14.9. The summed E-state index contributed by atoms with van der Waals surface area (Å²) in [6, 6.07) is 11.5. The molecule has 25 heavy (non-hydrogen) atoms. The Labute approximate surface area is 147 Å². The Balaban J connectivity index is 1.93. The van der Waals surface area contributed by atoms with Crippen LogP contribution in [0.15, 0.2) is 47.1 Å². The molecule has 0 aliphatic heterocycles. The monoisotopic (exact) mass is 342 g/mol. The van der Waals surface area contributed by atoms with Gasteiger partial charge in [0, 0.05) is 13.1 Å². The first-order valence-electron chi connectivity index (χ1n) is 8.82. The summed E-state index contributed by atoms with van der Waals surface area (Å²) in [5, 5.41) is 19.1. The number of hydrogen-bond acceptors (Lipinski definition) is 4. The fraction of sp³-hybridized carbons (Fsp3) is 0.421. The van der Waals surface area contributed by atoms with Crippen LogP contribution < -0.4 is 5.62 Å². The molecule has 0 amide bonds. The molecule has 2 N–H and O–H groups in total. The number of hydrogen-bond donors (Lipinski definition) is 2. The molecule has 0 bridgehead atoms.